The van der Waals surface area contributed by atoms with E-state index in [1.54, 1.807) is 0 Å². The lowest BCUT2D eigenvalue weighted by molar-refractivity contribution is 1.06. The van der Waals surface area contributed by atoms with Crippen molar-refractivity contribution < 1.29 is 0 Å². The number of fused-ring (bicyclic) bond motifs is 3. The zero-order valence-electron chi connectivity index (χ0n) is 29.3. The second kappa shape index (κ2) is 13.2. The molecule has 2 heterocycles. The molecule has 0 bridgehead atoms. The van der Waals surface area contributed by atoms with Crippen molar-refractivity contribution in [2.24, 2.45) is 0 Å². The van der Waals surface area contributed by atoms with Crippen LogP contribution in [0.5, 0.6) is 0 Å². The van der Waals surface area contributed by atoms with E-state index < -0.39 is 0 Å². The summed E-state index contributed by atoms with van der Waals surface area (Å²) in [4.78, 5) is 15.3. The van der Waals surface area contributed by atoms with Crippen LogP contribution in [0, 0.1) is 25.2 Å². The van der Waals surface area contributed by atoms with Gasteiger partial charge in [0.1, 0.15) is 0 Å². The highest BCUT2D eigenvalue weighted by Crippen LogP contribution is 2.40. The molecule has 0 aliphatic rings. The van der Waals surface area contributed by atoms with E-state index in [-0.39, 0.29) is 0 Å². The molecule has 53 heavy (non-hydrogen) atoms. The maximum Gasteiger partial charge on any atom is 0.166 e. The van der Waals surface area contributed by atoms with Crippen molar-refractivity contribution in [3.05, 3.63) is 180 Å². The largest absolute Gasteiger partial charge is 0.308 e. The minimum Gasteiger partial charge on any atom is -0.308 e. The third-order valence-electron chi connectivity index (χ3n) is 9.87. The van der Waals surface area contributed by atoms with Crippen LogP contribution >= 0.6 is 0 Å². The van der Waals surface area contributed by atoms with Gasteiger partial charge in [0.05, 0.1) is 28.4 Å². The van der Waals surface area contributed by atoms with E-state index in [0.717, 1.165) is 55.3 Å². The predicted molar refractivity (Wildman–Crippen MR) is 216 cm³/mol. The van der Waals surface area contributed by atoms with Crippen molar-refractivity contribution in [2.45, 2.75) is 13.8 Å². The number of rotatable bonds is 6. The minimum absolute atomic E-state index is 0.572. The molecule has 0 atom stereocenters. The molecule has 0 saturated heterocycles. The van der Waals surface area contributed by atoms with Gasteiger partial charge in [-0.3, -0.25) is 0 Å². The lowest BCUT2D eigenvalue weighted by atomic mass is 9.97. The second-order valence-corrected chi connectivity index (χ2v) is 13.4. The molecule has 0 unspecified atom stereocenters. The monoisotopic (exact) mass is 679 g/mol. The highest BCUT2D eigenvalue weighted by atomic mass is 15.1. The number of aryl methyl sites for hydroxylation is 2. The van der Waals surface area contributed by atoms with Gasteiger partial charge in [-0.05, 0) is 84.1 Å². The molecule has 9 rings (SSSR count). The first-order chi connectivity index (χ1) is 26.0. The number of benzene rings is 7. The van der Waals surface area contributed by atoms with E-state index >= 15 is 0 Å². The third-order valence-corrected chi connectivity index (χ3v) is 9.87. The van der Waals surface area contributed by atoms with Gasteiger partial charge in [-0.25, -0.2) is 15.0 Å². The van der Waals surface area contributed by atoms with E-state index in [4.69, 9.17) is 15.0 Å². The Bertz CT molecular complexity index is 2810. The average Bonchev–Trinajstić information content (AvgIpc) is 3.54. The van der Waals surface area contributed by atoms with E-state index in [2.05, 4.69) is 103 Å². The summed E-state index contributed by atoms with van der Waals surface area (Å²) >= 11 is 0. The van der Waals surface area contributed by atoms with Gasteiger partial charge in [0.15, 0.2) is 17.5 Å². The first-order valence-electron chi connectivity index (χ1n) is 17.7. The third kappa shape index (κ3) is 5.83. The van der Waals surface area contributed by atoms with Crippen LogP contribution in [-0.4, -0.2) is 19.5 Å². The van der Waals surface area contributed by atoms with Crippen molar-refractivity contribution in [3.63, 3.8) is 0 Å². The molecular formula is C48H33N5. The highest BCUT2D eigenvalue weighted by Gasteiger charge is 2.21. The smallest absolute Gasteiger partial charge is 0.166 e. The normalized spacial score (nSPS) is 11.2. The van der Waals surface area contributed by atoms with E-state index in [1.165, 1.54) is 22.3 Å². The zero-order chi connectivity index (χ0) is 35.9. The summed E-state index contributed by atoms with van der Waals surface area (Å²) in [5, 5.41) is 12.1. The van der Waals surface area contributed by atoms with Gasteiger partial charge >= 0.3 is 0 Å². The lowest BCUT2D eigenvalue weighted by Gasteiger charge is -2.17. The molecule has 5 heteroatoms. The lowest BCUT2D eigenvalue weighted by Crippen LogP contribution is -2.04. The standard InChI is InChI=1S/C48H33N5/c1-31-20-23-39(32(2)26-31)38-22-25-44-42(28-38)40-18-9-10-19-43(40)53(44)45-29-37(36-17-11-12-33(27-36)30-49)21-24-41(45)48-51-46(34-13-5-3-6-14-34)50-47(52-48)35-15-7-4-8-16-35/h3-29H,1-2H3. The van der Waals surface area contributed by atoms with Gasteiger partial charge in [-0.15, -0.1) is 0 Å². The summed E-state index contributed by atoms with van der Waals surface area (Å²) in [6.45, 7) is 4.31. The van der Waals surface area contributed by atoms with Gasteiger partial charge in [-0.1, -0.05) is 127 Å². The van der Waals surface area contributed by atoms with Crippen LogP contribution in [0.1, 0.15) is 16.7 Å². The summed E-state index contributed by atoms with van der Waals surface area (Å²) in [5.74, 6) is 1.78. The van der Waals surface area contributed by atoms with E-state index in [0.29, 0.717) is 23.0 Å². The summed E-state index contributed by atoms with van der Waals surface area (Å²) in [5.41, 5.74) is 13.2. The Balaban J connectivity index is 1.34. The minimum atomic E-state index is 0.572. The van der Waals surface area contributed by atoms with Crippen molar-refractivity contribution >= 4 is 21.8 Å². The van der Waals surface area contributed by atoms with Crippen LogP contribution in [0.2, 0.25) is 0 Å². The molecule has 7 aromatic carbocycles. The summed E-state index contributed by atoms with van der Waals surface area (Å²) in [6, 6.07) is 58.5. The summed E-state index contributed by atoms with van der Waals surface area (Å²) in [7, 11) is 0. The molecule has 0 spiro atoms. The Kier molecular flexibility index (Phi) is 7.91. The highest BCUT2D eigenvalue weighted by molar-refractivity contribution is 6.11. The van der Waals surface area contributed by atoms with Crippen molar-refractivity contribution in [3.8, 4) is 68.2 Å². The Morgan fingerprint density at radius 3 is 1.77 bits per heavy atom. The first kappa shape index (κ1) is 31.8. The number of hydrogen-bond acceptors (Lipinski definition) is 4. The molecule has 0 amide bonds. The zero-order valence-corrected chi connectivity index (χ0v) is 29.3. The van der Waals surface area contributed by atoms with Crippen LogP contribution in [-0.2, 0) is 0 Å². The average molecular weight is 680 g/mol. The van der Waals surface area contributed by atoms with Crippen LogP contribution in [0.25, 0.3) is 83.9 Å². The number of para-hydroxylation sites is 1. The fourth-order valence-corrected chi connectivity index (χ4v) is 7.32. The molecule has 0 aliphatic heterocycles. The molecule has 0 fully saturated rings. The Hall–Kier alpha value is -7.16. The van der Waals surface area contributed by atoms with Gasteiger partial charge < -0.3 is 4.57 Å². The van der Waals surface area contributed by atoms with Gasteiger partial charge in [0.2, 0.25) is 0 Å². The van der Waals surface area contributed by atoms with Crippen molar-refractivity contribution in [1.29, 1.82) is 5.26 Å². The maximum absolute atomic E-state index is 9.74. The molecule has 250 valence electrons. The molecule has 0 saturated carbocycles. The quantitative estimate of drug-likeness (QED) is 0.175. The molecule has 5 nitrogen and oxygen atoms in total. The Morgan fingerprint density at radius 2 is 1.06 bits per heavy atom. The van der Waals surface area contributed by atoms with E-state index in [1.807, 2.05) is 84.9 Å². The fraction of sp³-hybridized carbons (Fsp3) is 0.0417. The van der Waals surface area contributed by atoms with Crippen molar-refractivity contribution in [1.82, 2.24) is 19.5 Å². The van der Waals surface area contributed by atoms with Crippen molar-refractivity contribution in [2.75, 3.05) is 0 Å². The topological polar surface area (TPSA) is 67.4 Å². The van der Waals surface area contributed by atoms with Gasteiger partial charge in [0.25, 0.3) is 0 Å². The number of hydrogen-bond donors (Lipinski definition) is 0. The molecule has 9 aromatic rings. The second-order valence-electron chi connectivity index (χ2n) is 13.4. The van der Waals surface area contributed by atoms with Crippen LogP contribution < -0.4 is 0 Å². The molecular weight excluding hydrogens is 647 g/mol. The molecule has 0 radical (unpaired) electrons. The summed E-state index contributed by atoms with van der Waals surface area (Å²) < 4.78 is 2.33. The summed E-state index contributed by atoms with van der Waals surface area (Å²) in [6.07, 6.45) is 0. The number of aromatic nitrogens is 4. The van der Waals surface area contributed by atoms with Gasteiger partial charge in [-0.2, -0.15) is 5.26 Å². The SMILES string of the molecule is Cc1ccc(-c2ccc3c(c2)c2ccccc2n3-c2cc(-c3cccc(C#N)c3)ccc2-c2nc(-c3ccccc3)nc(-c3ccccc3)n2)c(C)c1. The molecule has 0 N–H and O–H groups in total. The van der Waals surface area contributed by atoms with Crippen LogP contribution in [0.4, 0.5) is 0 Å². The Labute approximate surface area is 308 Å². The Morgan fingerprint density at radius 1 is 0.453 bits per heavy atom. The fourth-order valence-electron chi connectivity index (χ4n) is 7.32. The number of nitrogens with zero attached hydrogens (tertiary/aromatic N) is 5. The van der Waals surface area contributed by atoms with Crippen LogP contribution in [0.15, 0.2) is 164 Å². The predicted octanol–water partition coefficient (Wildman–Crippen LogP) is 11.8. The van der Waals surface area contributed by atoms with Crippen LogP contribution in [0.3, 0.4) is 0 Å². The van der Waals surface area contributed by atoms with Gasteiger partial charge in [0, 0.05) is 27.5 Å². The number of nitriles is 1. The molecule has 0 aliphatic carbocycles. The van der Waals surface area contributed by atoms with E-state index in [9.17, 15) is 5.26 Å². The molecule has 2 aromatic heterocycles. The first-order valence-corrected chi connectivity index (χ1v) is 17.7. The maximum atomic E-state index is 9.74.